The molecule has 0 rings (SSSR count). The lowest BCUT2D eigenvalue weighted by atomic mass is 10.2. The second-order valence-electron chi connectivity index (χ2n) is 4.42. The lowest BCUT2D eigenvalue weighted by Crippen LogP contribution is -2.11. The first-order chi connectivity index (χ1) is 7.31. The molecule has 0 bridgehead atoms. The van der Waals surface area contributed by atoms with Crippen molar-refractivity contribution in [3.05, 3.63) is 12.7 Å². The van der Waals surface area contributed by atoms with Gasteiger partial charge in [0, 0.05) is 0 Å². The second-order valence-corrected chi connectivity index (χ2v) is 6.37. The Bertz CT molecular complexity index is 268. The Morgan fingerprint density at radius 2 is 1.56 bits per heavy atom. The van der Waals surface area contributed by atoms with Crippen molar-refractivity contribution in [2.75, 3.05) is 13.2 Å². The summed E-state index contributed by atoms with van der Waals surface area (Å²) in [7, 11) is -3.68. The predicted molar refractivity (Wildman–Crippen MR) is 64.4 cm³/mol. The van der Waals surface area contributed by atoms with E-state index in [9.17, 15) is 9.36 Å². The minimum Gasteiger partial charge on any atom is -0.303 e. The fraction of sp³-hybridized carbons (Fsp3) is 0.727. The summed E-state index contributed by atoms with van der Waals surface area (Å²) in [5, 5.41) is 0. The third kappa shape index (κ3) is 5.59. The molecule has 0 aromatic rings. The maximum Gasteiger partial charge on any atom is 0.400 e. The highest BCUT2D eigenvalue weighted by molar-refractivity contribution is 7.72. The molecule has 0 heterocycles. The van der Waals surface area contributed by atoms with Crippen molar-refractivity contribution in [1.82, 2.24) is 0 Å². The summed E-state index contributed by atoms with van der Waals surface area (Å²) in [6, 6.07) is 0. The van der Waals surface area contributed by atoms with Crippen LogP contribution >= 0.6 is 7.60 Å². The van der Waals surface area contributed by atoms with E-state index in [4.69, 9.17) is 9.05 Å². The highest BCUT2D eigenvalue weighted by Gasteiger charge is 2.32. The van der Waals surface area contributed by atoms with Crippen molar-refractivity contribution in [2.45, 2.75) is 27.7 Å². The van der Waals surface area contributed by atoms with E-state index in [-0.39, 0.29) is 25.0 Å². The van der Waals surface area contributed by atoms with Gasteiger partial charge in [0.15, 0.2) is 0 Å². The first-order valence-corrected chi connectivity index (χ1v) is 6.92. The maximum absolute atomic E-state index is 12.1. The first kappa shape index (κ1) is 15.6. The maximum atomic E-state index is 12.1. The summed E-state index contributed by atoms with van der Waals surface area (Å²) >= 11 is 0. The molecule has 5 heteroatoms. The Morgan fingerprint density at radius 3 is 1.81 bits per heavy atom. The highest BCUT2D eigenvalue weighted by atomic mass is 31.2. The van der Waals surface area contributed by atoms with Crippen LogP contribution in [0.4, 0.5) is 0 Å². The molecule has 0 amide bonds. The standard InChI is InChI=1S/C11H21O4P/c1-6-11(12)16(13,14-7-9(2)3)15-8-10(4)5/h6,9-10H,1,7-8H2,2-5H3. The van der Waals surface area contributed by atoms with E-state index in [0.29, 0.717) is 0 Å². The molecule has 0 fully saturated rings. The molecule has 0 radical (unpaired) electrons. The topological polar surface area (TPSA) is 52.6 Å². The lowest BCUT2D eigenvalue weighted by molar-refractivity contribution is -0.110. The van der Waals surface area contributed by atoms with Gasteiger partial charge in [-0.1, -0.05) is 34.3 Å². The summed E-state index contributed by atoms with van der Waals surface area (Å²) in [5.74, 6) is 0.377. The molecule has 0 saturated heterocycles. The van der Waals surface area contributed by atoms with Gasteiger partial charge in [0.05, 0.1) is 13.2 Å². The van der Waals surface area contributed by atoms with Crippen LogP contribution in [0.15, 0.2) is 12.7 Å². The van der Waals surface area contributed by atoms with Gasteiger partial charge in [-0.05, 0) is 17.9 Å². The molecule has 0 N–H and O–H groups in total. The van der Waals surface area contributed by atoms with Crippen LogP contribution in [0.2, 0.25) is 0 Å². The zero-order chi connectivity index (χ0) is 12.8. The molecular formula is C11H21O4P. The van der Waals surface area contributed by atoms with Gasteiger partial charge in [-0.15, -0.1) is 0 Å². The fourth-order valence-electron chi connectivity index (χ4n) is 0.771. The average Bonchev–Trinajstić information content (AvgIpc) is 2.22. The summed E-state index contributed by atoms with van der Waals surface area (Å²) in [4.78, 5) is 11.4. The molecule has 0 aromatic carbocycles. The molecular weight excluding hydrogens is 227 g/mol. The molecule has 16 heavy (non-hydrogen) atoms. The smallest absolute Gasteiger partial charge is 0.303 e. The van der Waals surface area contributed by atoms with Gasteiger partial charge in [-0.25, -0.2) is 0 Å². The summed E-state index contributed by atoms with van der Waals surface area (Å²) in [5.41, 5.74) is -0.672. The quantitative estimate of drug-likeness (QED) is 0.488. The van der Waals surface area contributed by atoms with Crippen molar-refractivity contribution < 1.29 is 18.4 Å². The molecule has 0 unspecified atom stereocenters. The van der Waals surface area contributed by atoms with Crippen LogP contribution in [0.3, 0.4) is 0 Å². The number of hydrogen-bond acceptors (Lipinski definition) is 4. The Labute approximate surface area is 97.6 Å². The Hall–Kier alpha value is -0.440. The van der Waals surface area contributed by atoms with Crippen molar-refractivity contribution in [1.29, 1.82) is 0 Å². The van der Waals surface area contributed by atoms with Crippen molar-refractivity contribution in [3.8, 4) is 0 Å². The van der Waals surface area contributed by atoms with E-state index in [1.165, 1.54) is 0 Å². The van der Waals surface area contributed by atoms with E-state index in [0.717, 1.165) is 6.08 Å². The summed E-state index contributed by atoms with van der Waals surface area (Å²) < 4.78 is 22.3. The van der Waals surface area contributed by atoms with Gasteiger partial charge < -0.3 is 9.05 Å². The first-order valence-electron chi connectivity index (χ1n) is 5.38. The van der Waals surface area contributed by atoms with Crippen LogP contribution in [-0.2, 0) is 18.4 Å². The van der Waals surface area contributed by atoms with Crippen molar-refractivity contribution >= 4 is 13.1 Å². The van der Waals surface area contributed by atoms with Gasteiger partial charge in [0.25, 0.3) is 5.52 Å². The summed E-state index contributed by atoms with van der Waals surface area (Å²) in [6.45, 7) is 11.4. The van der Waals surface area contributed by atoms with E-state index in [2.05, 4.69) is 6.58 Å². The zero-order valence-electron chi connectivity index (χ0n) is 10.4. The van der Waals surface area contributed by atoms with E-state index in [1.807, 2.05) is 27.7 Å². The third-order valence-corrected chi connectivity index (χ3v) is 3.30. The number of rotatable bonds is 8. The fourth-order valence-corrected chi connectivity index (χ4v) is 2.31. The molecule has 0 spiro atoms. The van der Waals surface area contributed by atoms with E-state index >= 15 is 0 Å². The van der Waals surface area contributed by atoms with Crippen LogP contribution < -0.4 is 0 Å². The monoisotopic (exact) mass is 248 g/mol. The van der Waals surface area contributed by atoms with Crippen molar-refractivity contribution in [3.63, 3.8) is 0 Å². The lowest BCUT2D eigenvalue weighted by Gasteiger charge is -2.18. The number of allylic oxidation sites excluding steroid dienone is 1. The molecule has 4 nitrogen and oxygen atoms in total. The molecule has 0 aliphatic heterocycles. The van der Waals surface area contributed by atoms with Gasteiger partial charge in [-0.3, -0.25) is 9.36 Å². The Morgan fingerprint density at radius 1 is 1.19 bits per heavy atom. The van der Waals surface area contributed by atoms with Crippen LogP contribution in [-0.4, -0.2) is 18.7 Å². The van der Waals surface area contributed by atoms with Gasteiger partial charge >= 0.3 is 7.60 Å². The van der Waals surface area contributed by atoms with Crippen LogP contribution in [0.1, 0.15) is 27.7 Å². The SMILES string of the molecule is C=CC(=O)P(=O)(OCC(C)C)OCC(C)C. The molecule has 0 aromatic heterocycles. The molecule has 0 atom stereocenters. The largest absolute Gasteiger partial charge is 0.400 e. The molecule has 0 aliphatic carbocycles. The Kier molecular flexibility index (Phi) is 6.81. The number of carbonyl (C=O) groups is 1. The minimum atomic E-state index is -3.68. The van der Waals surface area contributed by atoms with E-state index in [1.54, 1.807) is 0 Å². The molecule has 0 aliphatic rings. The summed E-state index contributed by atoms with van der Waals surface area (Å²) in [6.07, 6.45) is 0.988. The molecule has 0 saturated carbocycles. The second kappa shape index (κ2) is 7.00. The van der Waals surface area contributed by atoms with Crippen LogP contribution in [0.25, 0.3) is 0 Å². The normalized spacial score (nSPS) is 12.1. The zero-order valence-corrected chi connectivity index (χ0v) is 11.3. The molecule has 94 valence electrons. The van der Waals surface area contributed by atoms with Crippen LogP contribution in [0.5, 0.6) is 0 Å². The average molecular weight is 248 g/mol. The number of hydrogen-bond donors (Lipinski definition) is 0. The van der Waals surface area contributed by atoms with Gasteiger partial charge in [0.2, 0.25) is 0 Å². The minimum absolute atomic E-state index is 0.189. The van der Waals surface area contributed by atoms with Crippen LogP contribution in [0, 0.1) is 11.8 Å². The third-order valence-electron chi connectivity index (χ3n) is 1.60. The van der Waals surface area contributed by atoms with E-state index < -0.39 is 13.1 Å². The highest BCUT2D eigenvalue weighted by Crippen LogP contribution is 2.50. The van der Waals surface area contributed by atoms with Crippen molar-refractivity contribution in [2.24, 2.45) is 11.8 Å². The van der Waals surface area contributed by atoms with Gasteiger partial charge in [-0.2, -0.15) is 0 Å². The predicted octanol–water partition coefficient (Wildman–Crippen LogP) is 3.24. The number of carbonyl (C=O) groups excluding carboxylic acids is 1. The Balaban J connectivity index is 4.55. The van der Waals surface area contributed by atoms with Gasteiger partial charge in [0.1, 0.15) is 0 Å².